The molecule has 23 heavy (non-hydrogen) atoms. The van der Waals surface area contributed by atoms with Gasteiger partial charge < -0.3 is 4.90 Å². The average Bonchev–Trinajstić information content (AvgIpc) is 2.61. The lowest BCUT2D eigenvalue weighted by atomic mass is 10.1. The van der Waals surface area contributed by atoms with E-state index < -0.39 is 0 Å². The number of carbonyl (C=O) groups is 1. The predicted molar refractivity (Wildman–Crippen MR) is 95.1 cm³/mol. The van der Waals surface area contributed by atoms with Crippen molar-refractivity contribution >= 4 is 17.7 Å². The molecule has 0 radical (unpaired) electrons. The van der Waals surface area contributed by atoms with Crippen LogP contribution in [0, 0.1) is 11.3 Å². The van der Waals surface area contributed by atoms with E-state index in [9.17, 15) is 4.79 Å². The Labute approximate surface area is 142 Å². The van der Waals surface area contributed by atoms with Crippen molar-refractivity contribution in [1.29, 1.82) is 5.26 Å². The lowest BCUT2D eigenvalue weighted by Gasteiger charge is -2.34. The van der Waals surface area contributed by atoms with Crippen molar-refractivity contribution in [3.63, 3.8) is 0 Å². The summed E-state index contributed by atoms with van der Waals surface area (Å²) >= 11 is 1.94. The second kappa shape index (κ2) is 8.76. The van der Waals surface area contributed by atoms with E-state index in [2.05, 4.69) is 17.5 Å². The van der Waals surface area contributed by atoms with E-state index in [1.54, 1.807) is 12.1 Å². The van der Waals surface area contributed by atoms with Crippen molar-refractivity contribution in [3.8, 4) is 6.07 Å². The molecule has 1 aromatic carbocycles. The third-order valence-electron chi connectivity index (χ3n) is 4.04. The fraction of sp³-hybridized carbons (Fsp3) is 0.444. The standard InChI is InChI=1S/C18H23N3OS/c1-3-7-21(14-17-6-4-5-16(12-17)13-19)18(22)15(2)20-8-10-23-11-9-20/h3-6,12,15H,1,7-11,14H2,2H3/t15-/m0/s1. The number of carbonyl (C=O) groups excluding carboxylic acids is 1. The minimum absolute atomic E-state index is 0.116. The Hall–Kier alpha value is -1.77. The molecule has 0 N–H and O–H groups in total. The maximum atomic E-state index is 12.9. The molecule has 0 saturated carbocycles. The molecule has 0 aliphatic carbocycles. The first-order valence-corrected chi connectivity index (χ1v) is 9.01. The molecule has 1 aliphatic rings. The molecule has 1 aliphatic heterocycles. The fourth-order valence-electron chi connectivity index (χ4n) is 2.73. The maximum Gasteiger partial charge on any atom is 0.240 e. The number of nitriles is 1. The molecule has 4 nitrogen and oxygen atoms in total. The quantitative estimate of drug-likeness (QED) is 0.753. The topological polar surface area (TPSA) is 47.3 Å². The third kappa shape index (κ3) is 4.85. The van der Waals surface area contributed by atoms with Gasteiger partial charge in [-0.25, -0.2) is 0 Å². The van der Waals surface area contributed by atoms with E-state index in [-0.39, 0.29) is 11.9 Å². The Morgan fingerprint density at radius 2 is 2.26 bits per heavy atom. The van der Waals surface area contributed by atoms with Gasteiger partial charge in [0.25, 0.3) is 0 Å². The molecule has 122 valence electrons. The van der Waals surface area contributed by atoms with Crippen LogP contribution in [0.2, 0.25) is 0 Å². The van der Waals surface area contributed by atoms with Crippen molar-refractivity contribution in [1.82, 2.24) is 9.80 Å². The zero-order chi connectivity index (χ0) is 16.7. The number of hydrogen-bond donors (Lipinski definition) is 0. The van der Waals surface area contributed by atoms with Crippen molar-refractivity contribution in [3.05, 3.63) is 48.0 Å². The number of benzene rings is 1. The zero-order valence-electron chi connectivity index (χ0n) is 13.6. The molecule has 1 fully saturated rings. The molecule has 0 bridgehead atoms. The molecule has 1 heterocycles. The summed E-state index contributed by atoms with van der Waals surface area (Å²) in [7, 11) is 0. The third-order valence-corrected chi connectivity index (χ3v) is 4.98. The number of hydrogen-bond acceptors (Lipinski definition) is 4. The van der Waals surface area contributed by atoms with Crippen LogP contribution < -0.4 is 0 Å². The van der Waals surface area contributed by atoms with E-state index in [1.165, 1.54) is 0 Å². The Balaban J connectivity index is 2.08. The molecular weight excluding hydrogens is 306 g/mol. The first-order valence-electron chi connectivity index (χ1n) is 7.86. The van der Waals surface area contributed by atoms with Crippen molar-refractivity contribution in [2.45, 2.75) is 19.5 Å². The predicted octanol–water partition coefficient (Wildman–Crippen LogP) is 2.51. The van der Waals surface area contributed by atoms with E-state index >= 15 is 0 Å². The Morgan fingerprint density at radius 3 is 2.91 bits per heavy atom. The van der Waals surface area contributed by atoms with Crippen LogP contribution in [0.25, 0.3) is 0 Å². The molecule has 0 spiro atoms. The van der Waals surface area contributed by atoms with E-state index in [0.29, 0.717) is 18.7 Å². The van der Waals surface area contributed by atoms with Gasteiger partial charge in [-0.2, -0.15) is 17.0 Å². The number of nitrogens with zero attached hydrogens (tertiary/aromatic N) is 3. The summed E-state index contributed by atoms with van der Waals surface area (Å²) in [5.74, 6) is 2.30. The summed E-state index contributed by atoms with van der Waals surface area (Å²) in [6.07, 6.45) is 1.75. The molecular formula is C18H23N3OS. The van der Waals surface area contributed by atoms with Crippen molar-refractivity contribution in [2.24, 2.45) is 0 Å². The van der Waals surface area contributed by atoms with Crippen LogP contribution in [0.5, 0.6) is 0 Å². The number of rotatable bonds is 6. The lowest BCUT2D eigenvalue weighted by Crippen LogP contribution is -2.49. The van der Waals surface area contributed by atoms with Gasteiger partial charge in [-0.1, -0.05) is 18.2 Å². The van der Waals surface area contributed by atoms with Gasteiger partial charge >= 0.3 is 0 Å². The minimum atomic E-state index is -0.116. The van der Waals surface area contributed by atoms with Crippen LogP contribution in [-0.4, -0.2) is 52.9 Å². The van der Waals surface area contributed by atoms with Gasteiger partial charge in [0, 0.05) is 37.7 Å². The summed E-state index contributed by atoms with van der Waals surface area (Å²) in [5.41, 5.74) is 1.59. The number of amides is 1. The Bertz CT molecular complexity index is 590. The van der Waals surface area contributed by atoms with Crippen LogP contribution >= 0.6 is 11.8 Å². The van der Waals surface area contributed by atoms with Gasteiger partial charge in [-0.3, -0.25) is 9.69 Å². The fourth-order valence-corrected chi connectivity index (χ4v) is 3.66. The molecule has 0 aromatic heterocycles. The first kappa shape index (κ1) is 17.6. The summed E-state index contributed by atoms with van der Waals surface area (Å²) in [5, 5.41) is 9.01. The summed E-state index contributed by atoms with van der Waals surface area (Å²) in [6, 6.07) is 9.45. The maximum absolute atomic E-state index is 12.9. The SMILES string of the molecule is C=CCN(Cc1cccc(C#N)c1)C(=O)[C@H](C)N1CCSCC1. The van der Waals surface area contributed by atoms with E-state index in [0.717, 1.165) is 30.2 Å². The monoisotopic (exact) mass is 329 g/mol. The summed E-state index contributed by atoms with van der Waals surface area (Å²) in [6.45, 7) is 8.70. The molecule has 0 unspecified atom stereocenters. The van der Waals surface area contributed by atoms with Gasteiger partial charge in [-0.05, 0) is 24.6 Å². The smallest absolute Gasteiger partial charge is 0.240 e. The van der Waals surface area contributed by atoms with Gasteiger partial charge in [-0.15, -0.1) is 6.58 Å². The second-order valence-electron chi connectivity index (χ2n) is 5.64. The largest absolute Gasteiger partial charge is 0.333 e. The van der Waals surface area contributed by atoms with E-state index in [4.69, 9.17) is 5.26 Å². The van der Waals surface area contributed by atoms with Crippen LogP contribution in [0.3, 0.4) is 0 Å². The van der Waals surface area contributed by atoms with Crippen LogP contribution in [0.15, 0.2) is 36.9 Å². The van der Waals surface area contributed by atoms with Gasteiger partial charge in [0.2, 0.25) is 5.91 Å². The Kier molecular flexibility index (Phi) is 6.69. The van der Waals surface area contributed by atoms with Crippen molar-refractivity contribution in [2.75, 3.05) is 31.1 Å². The zero-order valence-corrected chi connectivity index (χ0v) is 14.4. The van der Waals surface area contributed by atoms with Crippen LogP contribution in [0.4, 0.5) is 0 Å². The summed E-state index contributed by atoms with van der Waals surface area (Å²) in [4.78, 5) is 16.9. The van der Waals surface area contributed by atoms with Gasteiger partial charge in [0.1, 0.15) is 0 Å². The number of thioether (sulfide) groups is 1. The second-order valence-corrected chi connectivity index (χ2v) is 6.87. The van der Waals surface area contributed by atoms with E-state index in [1.807, 2.05) is 41.8 Å². The molecule has 2 rings (SSSR count). The highest BCUT2D eigenvalue weighted by molar-refractivity contribution is 7.99. The van der Waals surface area contributed by atoms with Gasteiger partial charge in [0.05, 0.1) is 17.7 Å². The molecule has 1 amide bonds. The van der Waals surface area contributed by atoms with Crippen LogP contribution in [-0.2, 0) is 11.3 Å². The molecule has 1 saturated heterocycles. The minimum Gasteiger partial charge on any atom is -0.333 e. The normalized spacial score (nSPS) is 16.3. The Morgan fingerprint density at radius 1 is 1.52 bits per heavy atom. The average molecular weight is 329 g/mol. The van der Waals surface area contributed by atoms with Crippen molar-refractivity contribution < 1.29 is 4.79 Å². The highest BCUT2D eigenvalue weighted by atomic mass is 32.2. The lowest BCUT2D eigenvalue weighted by molar-refractivity contribution is -0.136. The molecule has 1 atom stereocenters. The highest BCUT2D eigenvalue weighted by Crippen LogP contribution is 2.15. The molecule has 1 aromatic rings. The van der Waals surface area contributed by atoms with Crippen LogP contribution in [0.1, 0.15) is 18.1 Å². The molecule has 5 heteroatoms. The highest BCUT2D eigenvalue weighted by Gasteiger charge is 2.26. The van der Waals surface area contributed by atoms with Gasteiger partial charge in [0.15, 0.2) is 0 Å². The summed E-state index contributed by atoms with van der Waals surface area (Å²) < 4.78 is 0. The first-order chi connectivity index (χ1) is 11.2.